The molecule has 172 valence electrons. The topological polar surface area (TPSA) is 139 Å². The average Bonchev–Trinajstić information content (AvgIpc) is 2.98. The van der Waals surface area contributed by atoms with Crippen molar-refractivity contribution >= 4 is 48.3 Å². The first-order valence-electron chi connectivity index (χ1n) is 9.34. The molecule has 1 amide bonds. The third-order valence-corrected chi connectivity index (χ3v) is 7.72. The van der Waals surface area contributed by atoms with Crippen molar-refractivity contribution < 1.29 is 26.0 Å². The van der Waals surface area contributed by atoms with Crippen LogP contribution in [0.2, 0.25) is 5.02 Å². The smallest absolute Gasteiger partial charge is 0.269 e. The molecule has 0 radical (unpaired) electrons. The van der Waals surface area contributed by atoms with Gasteiger partial charge in [-0.2, -0.15) is 0 Å². The van der Waals surface area contributed by atoms with E-state index in [4.69, 9.17) is 16.7 Å². The number of sulfone groups is 1. The van der Waals surface area contributed by atoms with Crippen LogP contribution >= 0.6 is 11.6 Å². The summed E-state index contributed by atoms with van der Waals surface area (Å²) in [6.45, 7) is 4.87. The number of primary sulfonamides is 1. The molecular formula is C20H21ClFN3O5S2. The lowest BCUT2D eigenvalue weighted by atomic mass is 10.2. The minimum Gasteiger partial charge on any atom is -0.349 e. The summed E-state index contributed by atoms with van der Waals surface area (Å²) in [5, 5.41) is 7.13. The van der Waals surface area contributed by atoms with E-state index in [1.807, 2.05) is 0 Å². The molecule has 3 aromatic rings. The highest BCUT2D eigenvalue weighted by Gasteiger charge is 2.31. The lowest BCUT2D eigenvalue weighted by molar-refractivity contribution is 0.0936. The van der Waals surface area contributed by atoms with E-state index >= 15 is 0 Å². The molecule has 0 aliphatic heterocycles. The number of halogens is 2. The molecule has 1 aromatic heterocycles. The number of hydrogen-bond acceptors (Lipinski definition) is 5. The van der Waals surface area contributed by atoms with Crippen LogP contribution in [0.25, 0.3) is 10.9 Å². The van der Waals surface area contributed by atoms with Crippen molar-refractivity contribution in [2.75, 3.05) is 5.75 Å². The number of amides is 1. The van der Waals surface area contributed by atoms with E-state index in [9.17, 15) is 26.0 Å². The van der Waals surface area contributed by atoms with Gasteiger partial charge >= 0.3 is 0 Å². The summed E-state index contributed by atoms with van der Waals surface area (Å²) in [5.41, 5.74) is 1.06. The Labute approximate surface area is 189 Å². The fourth-order valence-electron chi connectivity index (χ4n) is 3.50. The normalized spacial score (nSPS) is 13.3. The number of aryl methyl sites for hydroxylation is 2. The second-order valence-corrected chi connectivity index (χ2v) is 11.6. The van der Waals surface area contributed by atoms with Gasteiger partial charge in [0, 0.05) is 11.4 Å². The number of benzene rings is 2. The van der Waals surface area contributed by atoms with Crippen LogP contribution in [0.3, 0.4) is 0 Å². The Morgan fingerprint density at radius 1 is 1.12 bits per heavy atom. The second-order valence-electron chi connectivity index (χ2n) is 7.67. The molecule has 0 bridgehead atoms. The van der Waals surface area contributed by atoms with Crippen LogP contribution in [0.4, 0.5) is 4.39 Å². The van der Waals surface area contributed by atoms with Crippen molar-refractivity contribution in [3.05, 3.63) is 58.0 Å². The molecule has 8 nitrogen and oxygen atoms in total. The van der Waals surface area contributed by atoms with E-state index in [0.717, 1.165) is 12.1 Å². The van der Waals surface area contributed by atoms with Gasteiger partial charge in [-0.05, 0) is 56.2 Å². The summed E-state index contributed by atoms with van der Waals surface area (Å²) in [7, 11) is -8.15. The summed E-state index contributed by atoms with van der Waals surface area (Å²) in [6, 6.07) is 5.91. The van der Waals surface area contributed by atoms with Crippen molar-refractivity contribution in [1.29, 1.82) is 0 Å². The Morgan fingerprint density at radius 3 is 2.28 bits per heavy atom. The van der Waals surface area contributed by atoms with E-state index in [0.29, 0.717) is 11.1 Å². The van der Waals surface area contributed by atoms with Gasteiger partial charge in [-0.25, -0.2) is 26.4 Å². The molecule has 0 saturated carbocycles. The monoisotopic (exact) mass is 501 g/mol. The molecular weight excluding hydrogens is 481 g/mol. The van der Waals surface area contributed by atoms with Crippen LogP contribution in [0.15, 0.2) is 40.1 Å². The predicted octanol–water partition coefficient (Wildman–Crippen LogP) is 2.82. The van der Waals surface area contributed by atoms with Gasteiger partial charge in [-0.1, -0.05) is 17.7 Å². The number of rotatable bonds is 6. The van der Waals surface area contributed by atoms with Crippen LogP contribution in [0.1, 0.15) is 28.5 Å². The molecule has 32 heavy (non-hydrogen) atoms. The molecule has 1 unspecified atom stereocenters. The largest absolute Gasteiger partial charge is 0.349 e. The van der Waals surface area contributed by atoms with Gasteiger partial charge in [-0.15, -0.1) is 0 Å². The maximum Gasteiger partial charge on any atom is 0.269 e. The number of aromatic nitrogens is 1. The second kappa shape index (κ2) is 8.47. The molecule has 2 aromatic carbocycles. The van der Waals surface area contributed by atoms with Crippen molar-refractivity contribution in [2.24, 2.45) is 5.14 Å². The zero-order chi connectivity index (χ0) is 24.0. The van der Waals surface area contributed by atoms with Crippen LogP contribution < -0.4 is 10.5 Å². The van der Waals surface area contributed by atoms with Gasteiger partial charge in [0.2, 0.25) is 19.9 Å². The molecule has 0 fully saturated rings. The predicted molar refractivity (Wildman–Crippen MR) is 120 cm³/mol. The van der Waals surface area contributed by atoms with E-state index in [2.05, 4.69) is 10.3 Å². The maximum absolute atomic E-state index is 14.0. The fraction of sp³-hybridized carbons (Fsp3) is 0.250. The van der Waals surface area contributed by atoms with Gasteiger partial charge in [0.05, 0.1) is 21.2 Å². The average molecular weight is 502 g/mol. The third-order valence-electron chi connectivity index (χ3n) is 4.65. The number of carbonyl (C=O) groups excluding carboxylic acids is 1. The van der Waals surface area contributed by atoms with Gasteiger partial charge in [0.15, 0.2) is 0 Å². The summed E-state index contributed by atoms with van der Waals surface area (Å²) in [5.74, 6) is -2.25. The number of carbonyl (C=O) groups is 1. The zero-order valence-electron chi connectivity index (χ0n) is 17.4. The number of nitrogens with one attached hydrogen (secondary N) is 2. The first-order chi connectivity index (χ1) is 14.7. The highest BCUT2D eigenvalue weighted by atomic mass is 35.5. The van der Waals surface area contributed by atoms with Crippen molar-refractivity contribution in [1.82, 2.24) is 10.3 Å². The molecule has 12 heteroatoms. The highest BCUT2D eigenvalue weighted by Crippen LogP contribution is 2.35. The summed E-state index contributed by atoms with van der Waals surface area (Å²) in [6.07, 6.45) is 0. The number of aromatic amines is 1. The van der Waals surface area contributed by atoms with Gasteiger partial charge in [-0.3, -0.25) is 4.79 Å². The van der Waals surface area contributed by atoms with Crippen LogP contribution in [0, 0.1) is 19.7 Å². The molecule has 3 rings (SSSR count). The van der Waals surface area contributed by atoms with Crippen molar-refractivity contribution in [3.63, 3.8) is 0 Å². The minimum atomic E-state index is -4.26. The molecule has 0 saturated heterocycles. The Hall–Kier alpha value is -2.47. The van der Waals surface area contributed by atoms with Crippen LogP contribution in [-0.4, -0.2) is 39.5 Å². The quantitative estimate of drug-likeness (QED) is 0.476. The standard InChI is InChI=1S/C20H21ClFN3O5S2/c1-10-4-11(2)6-13(5-10)32(29,30)19-14-7-15(21)16(22)8-17(14)25-18(19)20(26)24-12(3)9-31(23,27)28/h4-8,12,25H,9H2,1-3H3,(H,24,26)(H2,23,27,28). The Balaban J connectivity index is 2.23. The Bertz CT molecular complexity index is 1430. The fourth-order valence-corrected chi connectivity index (χ4v) is 6.23. The number of nitrogens with two attached hydrogens (primary N) is 1. The molecule has 1 heterocycles. The SMILES string of the molecule is Cc1cc(C)cc(S(=O)(=O)c2c(C(=O)NC(C)CS(N)(=O)=O)[nH]c3cc(F)c(Cl)cc23)c1. The van der Waals surface area contributed by atoms with Crippen LogP contribution in [-0.2, 0) is 19.9 Å². The lowest BCUT2D eigenvalue weighted by Gasteiger charge is -2.13. The molecule has 0 aliphatic carbocycles. The van der Waals surface area contributed by atoms with Crippen LogP contribution in [0.5, 0.6) is 0 Å². The van der Waals surface area contributed by atoms with E-state index < -0.39 is 43.4 Å². The van der Waals surface area contributed by atoms with E-state index in [-0.39, 0.29) is 31.4 Å². The van der Waals surface area contributed by atoms with E-state index in [1.165, 1.54) is 19.1 Å². The zero-order valence-corrected chi connectivity index (χ0v) is 19.8. The summed E-state index contributed by atoms with van der Waals surface area (Å²) < 4.78 is 63.9. The lowest BCUT2D eigenvalue weighted by Crippen LogP contribution is -2.39. The van der Waals surface area contributed by atoms with Gasteiger partial charge in [0.1, 0.15) is 16.4 Å². The Morgan fingerprint density at radius 2 is 1.72 bits per heavy atom. The summed E-state index contributed by atoms with van der Waals surface area (Å²) in [4.78, 5) is 15.1. The van der Waals surface area contributed by atoms with Gasteiger partial charge in [0.25, 0.3) is 5.91 Å². The van der Waals surface area contributed by atoms with E-state index in [1.54, 1.807) is 19.9 Å². The summed E-state index contributed by atoms with van der Waals surface area (Å²) >= 11 is 5.89. The first kappa shape index (κ1) is 24.2. The first-order valence-corrected chi connectivity index (χ1v) is 12.9. The molecule has 1 atom stereocenters. The maximum atomic E-state index is 14.0. The number of H-pyrrole nitrogens is 1. The van der Waals surface area contributed by atoms with Crippen molar-refractivity contribution in [2.45, 2.75) is 36.6 Å². The molecule has 0 aliphatic rings. The third kappa shape index (κ3) is 4.96. The van der Waals surface area contributed by atoms with Crippen molar-refractivity contribution in [3.8, 4) is 0 Å². The minimum absolute atomic E-state index is 0.0276. The number of fused-ring (bicyclic) bond motifs is 1. The Kier molecular flexibility index (Phi) is 6.40. The van der Waals surface area contributed by atoms with Gasteiger partial charge < -0.3 is 10.3 Å². The highest BCUT2D eigenvalue weighted by molar-refractivity contribution is 7.91. The number of sulfonamides is 1. The number of hydrogen-bond donors (Lipinski definition) is 3. The molecule has 4 N–H and O–H groups in total. The molecule has 0 spiro atoms.